The topological polar surface area (TPSA) is 45.8 Å². The van der Waals surface area contributed by atoms with Gasteiger partial charge in [0, 0.05) is 11.6 Å². The van der Waals surface area contributed by atoms with Crippen molar-refractivity contribution >= 4 is 28.4 Å². The van der Waals surface area contributed by atoms with Crippen molar-refractivity contribution in [1.29, 1.82) is 0 Å². The number of carbonyl (C=O) groups is 1. The molecular weight excluding hydrogens is 280 g/mol. The summed E-state index contributed by atoms with van der Waals surface area (Å²) in [6, 6.07) is 11.9. The number of pyridine rings is 1. The number of para-hydroxylation sites is 1. The summed E-state index contributed by atoms with van der Waals surface area (Å²) in [5, 5.41) is 2.07. The molecule has 0 spiro atoms. The lowest BCUT2D eigenvalue weighted by Gasteiger charge is -2.07. The Morgan fingerprint density at radius 2 is 2.05 bits per heavy atom. The molecule has 106 valence electrons. The molecule has 0 aliphatic heterocycles. The first-order chi connectivity index (χ1) is 10.1. The number of Topliss-reactive ketones (excluding diaryl/α,β-unsaturated/α-hetero) is 1. The van der Waals surface area contributed by atoms with E-state index >= 15 is 0 Å². The van der Waals surface area contributed by atoms with E-state index in [9.17, 15) is 4.79 Å². The number of thioether (sulfide) groups is 1. The Labute approximate surface area is 127 Å². The van der Waals surface area contributed by atoms with Crippen molar-refractivity contribution in [3.8, 4) is 0 Å². The molecule has 2 aromatic heterocycles. The van der Waals surface area contributed by atoms with Crippen LogP contribution in [0, 0.1) is 13.8 Å². The first kappa shape index (κ1) is 13.9. The zero-order valence-electron chi connectivity index (χ0n) is 12.0. The number of nitrogens with zero attached hydrogens (tertiary/aromatic N) is 1. The summed E-state index contributed by atoms with van der Waals surface area (Å²) in [5.41, 5.74) is 4.02. The number of benzene rings is 1. The second-order valence-corrected chi connectivity index (χ2v) is 6.04. The lowest BCUT2D eigenvalue weighted by molar-refractivity contribution is 0.101. The Hall–Kier alpha value is -2.07. The largest absolute Gasteiger partial charge is 0.359 e. The Morgan fingerprint density at radius 3 is 2.81 bits per heavy atom. The van der Waals surface area contributed by atoms with E-state index in [1.165, 1.54) is 22.7 Å². The molecule has 0 bridgehead atoms. The van der Waals surface area contributed by atoms with E-state index in [2.05, 4.69) is 42.0 Å². The Balaban J connectivity index is 1.85. The molecule has 4 heteroatoms. The van der Waals surface area contributed by atoms with Gasteiger partial charge in [0.2, 0.25) is 0 Å². The second-order valence-electron chi connectivity index (χ2n) is 5.04. The van der Waals surface area contributed by atoms with Crippen LogP contribution in [0.3, 0.4) is 0 Å². The van der Waals surface area contributed by atoms with E-state index in [1.54, 1.807) is 12.3 Å². The summed E-state index contributed by atoms with van der Waals surface area (Å²) in [7, 11) is 0. The monoisotopic (exact) mass is 296 g/mol. The van der Waals surface area contributed by atoms with Gasteiger partial charge < -0.3 is 4.98 Å². The average Bonchev–Trinajstić information content (AvgIpc) is 3.00. The molecule has 0 saturated heterocycles. The molecule has 0 fully saturated rings. The summed E-state index contributed by atoms with van der Waals surface area (Å²) >= 11 is 1.48. The first-order valence-corrected chi connectivity index (χ1v) is 7.80. The molecule has 3 aromatic rings. The number of carbonyl (C=O) groups excluding carboxylic acids is 1. The van der Waals surface area contributed by atoms with Crippen LogP contribution in [0.4, 0.5) is 0 Å². The highest BCUT2D eigenvalue weighted by Gasteiger charge is 2.10. The van der Waals surface area contributed by atoms with Gasteiger partial charge in [-0.3, -0.25) is 4.79 Å². The molecule has 2 heterocycles. The molecule has 3 nitrogen and oxygen atoms in total. The van der Waals surface area contributed by atoms with E-state index in [0.717, 1.165) is 16.1 Å². The smallest absolute Gasteiger partial charge is 0.189 e. The molecular formula is C17H16N2OS. The van der Waals surface area contributed by atoms with E-state index in [-0.39, 0.29) is 5.78 Å². The minimum absolute atomic E-state index is 0.0920. The molecule has 0 amide bonds. The molecule has 0 saturated carbocycles. The highest BCUT2D eigenvalue weighted by Crippen LogP contribution is 2.25. The van der Waals surface area contributed by atoms with Crippen molar-refractivity contribution in [3.05, 3.63) is 59.4 Å². The van der Waals surface area contributed by atoms with Gasteiger partial charge in [-0.15, -0.1) is 0 Å². The third-order valence-corrected chi connectivity index (χ3v) is 4.39. The zero-order chi connectivity index (χ0) is 14.8. The number of hydrogen-bond donors (Lipinski definition) is 1. The summed E-state index contributed by atoms with van der Waals surface area (Å²) in [6.07, 6.45) is 1.76. The van der Waals surface area contributed by atoms with E-state index in [1.807, 2.05) is 12.1 Å². The van der Waals surface area contributed by atoms with Crippen LogP contribution in [0.25, 0.3) is 10.9 Å². The van der Waals surface area contributed by atoms with Gasteiger partial charge in [0.05, 0.1) is 22.0 Å². The number of hydrogen-bond acceptors (Lipinski definition) is 3. The standard InChI is InChI=1S/C17H16N2OS/c1-11-5-3-6-13-12(2)9-16(19-17(11)13)21-10-15(20)14-7-4-8-18-14/h3-9,18H,10H2,1-2H3. The minimum atomic E-state index is 0.0920. The fourth-order valence-corrected chi connectivity index (χ4v) is 3.18. The van der Waals surface area contributed by atoms with Crippen LogP contribution in [0.2, 0.25) is 0 Å². The quantitative estimate of drug-likeness (QED) is 0.581. The minimum Gasteiger partial charge on any atom is -0.359 e. The van der Waals surface area contributed by atoms with Crippen molar-refractivity contribution in [2.75, 3.05) is 5.75 Å². The number of H-pyrrole nitrogens is 1. The van der Waals surface area contributed by atoms with E-state index < -0.39 is 0 Å². The van der Waals surface area contributed by atoms with E-state index in [4.69, 9.17) is 0 Å². The molecule has 1 aromatic carbocycles. The van der Waals surface area contributed by atoms with Gasteiger partial charge in [0.25, 0.3) is 0 Å². The number of fused-ring (bicyclic) bond motifs is 1. The van der Waals surface area contributed by atoms with Crippen molar-refractivity contribution in [1.82, 2.24) is 9.97 Å². The molecule has 0 aliphatic carbocycles. The molecule has 0 radical (unpaired) electrons. The Morgan fingerprint density at radius 1 is 1.19 bits per heavy atom. The molecule has 0 unspecified atom stereocenters. The third-order valence-electron chi connectivity index (χ3n) is 3.47. The second kappa shape index (κ2) is 5.74. The lowest BCUT2D eigenvalue weighted by atomic mass is 10.1. The maximum absolute atomic E-state index is 12.0. The highest BCUT2D eigenvalue weighted by molar-refractivity contribution is 7.99. The van der Waals surface area contributed by atoms with Crippen molar-refractivity contribution in [2.45, 2.75) is 18.9 Å². The molecule has 0 aliphatic rings. The first-order valence-electron chi connectivity index (χ1n) is 6.81. The van der Waals surface area contributed by atoms with Crippen LogP contribution in [0.5, 0.6) is 0 Å². The highest BCUT2D eigenvalue weighted by atomic mass is 32.2. The van der Waals surface area contributed by atoms with Gasteiger partial charge in [-0.2, -0.15) is 0 Å². The van der Waals surface area contributed by atoms with Gasteiger partial charge in [-0.05, 0) is 43.2 Å². The number of nitrogens with one attached hydrogen (secondary N) is 1. The Kier molecular flexibility index (Phi) is 3.80. The van der Waals surface area contributed by atoms with Crippen LogP contribution in [0.15, 0.2) is 47.6 Å². The summed E-state index contributed by atoms with van der Waals surface area (Å²) < 4.78 is 0. The molecule has 3 rings (SSSR count). The third kappa shape index (κ3) is 2.85. The fraction of sp³-hybridized carbons (Fsp3) is 0.176. The Bertz CT molecular complexity index is 794. The van der Waals surface area contributed by atoms with Gasteiger partial charge in [-0.1, -0.05) is 30.0 Å². The van der Waals surface area contributed by atoms with E-state index in [0.29, 0.717) is 11.4 Å². The maximum atomic E-state index is 12.0. The van der Waals surface area contributed by atoms with Gasteiger partial charge in [0.1, 0.15) is 0 Å². The SMILES string of the molecule is Cc1cc(SCC(=O)c2ccc[nH]2)nc2c(C)cccc12. The number of rotatable bonds is 4. The summed E-state index contributed by atoms with van der Waals surface area (Å²) in [4.78, 5) is 19.6. The van der Waals surface area contributed by atoms with Crippen LogP contribution in [-0.2, 0) is 0 Å². The summed E-state index contributed by atoms with van der Waals surface area (Å²) in [5.74, 6) is 0.485. The molecule has 21 heavy (non-hydrogen) atoms. The fourth-order valence-electron chi connectivity index (χ4n) is 2.33. The van der Waals surface area contributed by atoms with Crippen LogP contribution in [0.1, 0.15) is 21.6 Å². The predicted molar refractivity (Wildman–Crippen MR) is 87.1 cm³/mol. The normalized spacial score (nSPS) is 11.0. The average molecular weight is 296 g/mol. The number of aromatic nitrogens is 2. The number of ketones is 1. The number of aryl methyl sites for hydroxylation is 2. The molecule has 1 N–H and O–H groups in total. The maximum Gasteiger partial charge on any atom is 0.189 e. The van der Waals surface area contributed by atoms with Gasteiger partial charge in [0.15, 0.2) is 5.78 Å². The van der Waals surface area contributed by atoms with Crippen LogP contribution < -0.4 is 0 Å². The molecule has 0 atom stereocenters. The summed E-state index contributed by atoms with van der Waals surface area (Å²) in [6.45, 7) is 4.15. The van der Waals surface area contributed by atoms with Crippen LogP contribution >= 0.6 is 11.8 Å². The van der Waals surface area contributed by atoms with Crippen molar-refractivity contribution < 1.29 is 4.79 Å². The number of aromatic amines is 1. The van der Waals surface area contributed by atoms with Crippen molar-refractivity contribution in [3.63, 3.8) is 0 Å². The van der Waals surface area contributed by atoms with Crippen molar-refractivity contribution in [2.24, 2.45) is 0 Å². The van der Waals surface area contributed by atoms with Gasteiger partial charge in [-0.25, -0.2) is 4.98 Å². The zero-order valence-corrected chi connectivity index (χ0v) is 12.8. The van der Waals surface area contributed by atoms with Crippen LogP contribution in [-0.4, -0.2) is 21.5 Å². The lowest BCUT2D eigenvalue weighted by Crippen LogP contribution is -2.03. The predicted octanol–water partition coefficient (Wildman–Crippen LogP) is 4.15. The van der Waals surface area contributed by atoms with Gasteiger partial charge >= 0.3 is 0 Å².